The van der Waals surface area contributed by atoms with Crippen molar-refractivity contribution in [2.75, 3.05) is 0 Å². The van der Waals surface area contributed by atoms with Crippen molar-refractivity contribution in [3.63, 3.8) is 0 Å². The third-order valence-electron chi connectivity index (χ3n) is 4.59. The number of likely N-dealkylation sites (tertiary alicyclic amines) is 1. The van der Waals surface area contributed by atoms with Crippen LogP contribution in [0.2, 0.25) is 0 Å². The molecule has 3 unspecified atom stereocenters. The summed E-state index contributed by atoms with van der Waals surface area (Å²) in [4.78, 5) is 37.7. The van der Waals surface area contributed by atoms with Gasteiger partial charge in [-0.15, -0.1) is 0 Å². The molecular weight excluding hydrogens is 270 g/mol. The van der Waals surface area contributed by atoms with Crippen LogP contribution >= 0.6 is 0 Å². The topological polar surface area (TPSA) is 92.5 Å². The van der Waals surface area contributed by atoms with Crippen molar-refractivity contribution in [3.8, 4) is 0 Å². The largest absolute Gasteiger partial charge is 0.343 e. The van der Waals surface area contributed by atoms with Crippen molar-refractivity contribution in [2.24, 2.45) is 11.7 Å². The van der Waals surface area contributed by atoms with E-state index in [2.05, 4.69) is 5.32 Å². The van der Waals surface area contributed by atoms with Crippen LogP contribution in [0.25, 0.3) is 0 Å². The van der Waals surface area contributed by atoms with Crippen molar-refractivity contribution in [1.29, 1.82) is 0 Å². The van der Waals surface area contributed by atoms with Gasteiger partial charge in [0.1, 0.15) is 6.04 Å². The van der Waals surface area contributed by atoms with Crippen molar-refractivity contribution in [3.05, 3.63) is 0 Å². The Bertz CT molecular complexity index is 459. The van der Waals surface area contributed by atoms with Gasteiger partial charge in [0.25, 0.3) is 5.91 Å². The second kappa shape index (κ2) is 5.75. The van der Waals surface area contributed by atoms with E-state index in [0.29, 0.717) is 0 Å². The van der Waals surface area contributed by atoms with E-state index in [4.69, 9.17) is 5.73 Å². The molecule has 1 aliphatic heterocycles. The van der Waals surface area contributed by atoms with E-state index in [-0.39, 0.29) is 36.1 Å². The fourth-order valence-electron chi connectivity index (χ4n) is 3.37. The molecule has 0 bridgehead atoms. The minimum Gasteiger partial charge on any atom is -0.343 e. The number of carbonyl (C=O) groups is 3. The standard InChI is InChI=1S/C15H25N3O3/c1-9(2)18-12(19)8-11(14(18)21)17-13(20)10-6-4-5-7-15(10,3)16/h9-11H,4-8,16H2,1-3H3,(H,17,20). The summed E-state index contributed by atoms with van der Waals surface area (Å²) in [5, 5.41) is 2.74. The number of rotatable bonds is 3. The average molecular weight is 295 g/mol. The molecule has 6 nitrogen and oxygen atoms in total. The van der Waals surface area contributed by atoms with Gasteiger partial charge in [0.15, 0.2) is 0 Å². The molecule has 1 saturated carbocycles. The summed E-state index contributed by atoms with van der Waals surface area (Å²) in [6, 6.07) is -0.911. The second-order valence-electron chi connectivity index (χ2n) is 6.77. The van der Waals surface area contributed by atoms with Crippen molar-refractivity contribution < 1.29 is 14.4 Å². The maximum Gasteiger partial charge on any atom is 0.252 e. The third-order valence-corrected chi connectivity index (χ3v) is 4.59. The number of nitrogens with two attached hydrogens (primary N) is 1. The number of carbonyl (C=O) groups excluding carboxylic acids is 3. The first-order valence-electron chi connectivity index (χ1n) is 7.69. The summed E-state index contributed by atoms with van der Waals surface area (Å²) in [5.74, 6) is -1.02. The van der Waals surface area contributed by atoms with Crippen molar-refractivity contribution >= 4 is 17.7 Å². The summed E-state index contributed by atoms with van der Waals surface area (Å²) >= 11 is 0. The molecule has 0 spiro atoms. The van der Waals surface area contributed by atoms with Crippen LogP contribution in [0.5, 0.6) is 0 Å². The molecular formula is C15H25N3O3. The summed E-state index contributed by atoms with van der Waals surface area (Å²) < 4.78 is 0. The van der Waals surface area contributed by atoms with E-state index < -0.39 is 11.6 Å². The lowest BCUT2D eigenvalue weighted by Crippen LogP contribution is -2.55. The minimum atomic E-state index is -0.731. The monoisotopic (exact) mass is 295 g/mol. The Morgan fingerprint density at radius 3 is 2.57 bits per heavy atom. The maximum absolute atomic E-state index is 12.4. The van der Waals surface area contributed by atoms with Crippen LogP contribution in [0.15, 0.2) is 0 Å². The highest BCUT2D eigenvalue weighted by Crippen LogP contribution is 2.32. The quantitative estimate of drug-likeness (QED) is 0.744. The molecule has 6 heteroatoms. The van der Waals surface area contributed by atoms with Crippen LogP contribution < -0.4 is 11.1 Å². The number of amides is 3. The first kappa shape index (κ1) is 15.9. The first-order valence-corrected chi connectivity index (χ1v) is 7.69. The van der Waals surface area contributed by atoms with Gasteiger partial charge in [-0.2, -0.15) is 0 Å². The summed E-state index contributed by atoms with van der Waals surface area (Å²) in [6.07, 6.45) is 3.60. The Kier molecular flexibility index (Phi) is 4.37. The van der Waals surface area contributed by atoms with Gasteiger partial charge in [-0.1, -0.05) is 12.8 Å². The fourth-order valence-corrected chi connectivity index (χ4v) is 3.37. The molecule has 21 heavy (non-hydrogen) atoms. The molecule has 118 valence electrons. The molecule has 3 N–H and O–H groups in total. The Balaban J connectivity index is 2.03. The van der Waals surface area contributed by atoms with Gasteiger partial charge in [0.05, 0.1) is 12.3 Å². The van der Waals surface area contributed by atoms with E-state index >= 15 is 0 Å². The minimum absolute atomic E-state index is 0.0523. The van der Waals surface area contributed by atoms with Crippen LogP contribution in [0.4, 0.5) is 0 Å². The van der Waals surface area contributed by atoms with E-state index in [1.54, 1.807) is 13.8 Å². The molecule has 1 aliphatic carbocycles. The zero-order valence-corrected chi connectivity index (χ0v) is 13.0. The van der Waals surface area contributed by atoms with Crippen LogP contribution in [0.1, 0.15) is 52.9 Å². The van der Waals surface area contributed by atoms with Gasteiger partial charge in [0.2, 0.25) is 11.8 Å². The molecule has 1 heterocycles. The Morgan fingerprint density at radius 2 is 2.05 bits per heavy atom. The van der Waals surface area contributed by atoms with Crippen molar-refractivity contribution in [2.45, 2.75) is 70.5 Å². The number of nitrogens with one attached hydrogen (secondary N) is 1. The van der Waals surface area contributed by atoms with Gasteiger partial charge >= 0.3 is 0 Å². The number of imide groups is 1. The molecule has 0 aromatic carbocycles. The smallest absolute Gasteiger partial charge is 0.252 e. The van der Waals surface area contributed by atoms with Crippen LogP contribution in [-0.4, -0.2) is 40.2 Å². The maximum atomic E-state index is 12.4. The third kappa shape index (κ3) is 3.10. The van der Waals surface area contributed by atoms with E-state index in [1.807, 2.05) is 6.92 Å². The molecule has 2 aliphatic rings. The summed E-state index contributed by atoms with van der Waals surface area (Å²) in [6.45, 7) is 5.47. The predicted molar refractivity (Wildman–Crippen MR) is 78.1 cm³/mol. The van der Waals surface area contributed by atoms with E-state index in [0.717, 1.165) is 25.7 Å². The summed E-state index contributed by atoms with van der Waals surface area (Å²) in [7, 11) is 0. The van der Waals surface area contributed by atoms with Gasteiger partial charge in [-0.25, -0.2) is 0 Å². The van der Waals surface area contributed by atoms with Gasteiger partial charge in [-0.3, -0.25) is 19.3 Å². The number of hydrogen-bond donors (Lipinski definition) is 2. The Hall–Kier alpha value is -1.43. The lowest BCUT2D eigenvalue weighted by atomic mass is 9.74. The molecule has 2 rings (SSSR count). The molecule has 1 saturated heterocycles. The summed E-state index contributed by atoms with van der Waals surface area (Å²) in [5.41, 5.74) is 5.68. The zero-order valence-electron chi connectivity index (χ0n) is 13.0. The zero-order chi connectivity index (χ0) is 15.8. The normalized spacial score (nSPS) is 33.7. The number of nitrogens with zero attached hydrogens (tertiary/aromatic N) is 1. The molecule has 0 aromatic heterocycles. The second-order valence-corrected chi connectivity index (χ2v) is 6.77. The number of hydrogen-bond acceptors (Lipinski definition) is 4. The van der Waals surface area contributed by atoms with Gasteiger partial charge in [-0.05, 0) is 33.6 Å². The molecule has 3 amide bonds. The Morgan fingerprint density at radius 1 is 1.38 bits per heavy atom. The molecule has 3 atom stereocenters. The van der Waals surface area contributed by atoms with Crippen LogP contribution in [-0.2, 0) is 14.4 Å². The van der Waals surface area contributed by atoms with Crippen LogP contribution in [0.3, 0.4) is 0 Å². The predicted octanol–water partition coefficient (Wildman–Crippen LogP) is 0.546. The lowest BCUT2D eigenvalue weighted by molar-refractivity contribution is -0.142. The van der Waals surface area contributed by atoms with Crippen molar-refractivity contribution in [1.82, 2.24) is 10.2 Å². The Labute approximate surface area is 125 Å². The van der Waals surface area contributed by atoms with Crippen LogP contribution in [0, 0.1) is 5.92 Å². The highest BCUT2D eigenvalue weighted by molar-refractivity contribution is 6.07. The van der Waals surface area contributed by atoms with Gasteiger partial charge in [0, 0.05) is 11.6 Å². The highest BCUT2D eigenvalue weighted by atomic mass is 16.2. The fraction of sp³-hybridized carbons (Fsp3) is 0.800. The van der Waals surface area contributed by atoms with E-state index in [9.17, 15) is 14.4 Å². The average Bonchev–Trinajstić information content (AvgIpc) is 2.63. The first-order chi connectivity index (χ1) is 9.74. The molecule has 2 fully saturated rings. The molecule has 0 radical (unpaired) electrons. The highest BCUT2D eigenvalue weighted by Gasteiger charge is 2.44. The SMILES string of the molecule is CC(C)N1C(=O)CC(NC(=O)C2CCCCC2(C)N)C1=O. The van der Waals surface area contributed by atoms with E-state index in [1.165, 1.54) is 4.90 Å². The molecule has 0 aromatic rings. The van der Waals surface area contributed by atoms with Gasteiger partial charge < -0.3 is 11.1 Å². The lowest BCUT2D eigenvalue weighted by Gasteiger charge is -2.37.